The number of carbonyl (C=O) groups excluding carboxylic acids is 2. The van der Waals surface area contributed by atoms with Gasteiger partial charge in [0.25, 0.3) is 0 Å². The van der Waals surface area contributed by atoms with Crippen molar-refractivity contribution in [3.63, 3.8) is 0 Å². The van der Waals surface area contributed by atoms with Crippen molar-refractivity contribution in [2.45, 2.75) is 38.1 Å². The third-order valence-electron chi connectivity index (χ3n) is 4.74. The third-order valence-corrected chi connectivity index (χ3v) is 6.36. The zero-order valence-electron chi connectivity index (χ0n) is 17.9. The minimum absolute atomic E-state index is 0.100. The third kappa shape index (κ3) is 8.55. The summed E-state index contributed by atoms with van der Waals surface area (Å²) in [5.41, 5.74) is 0.612. The van der Waals surface area contributed by atoms with Crippen LogP contribution in [0, 0.1) is 17.2 Å². The molecule has 1 aromatic carbocycles. The summed E-state index contributed by atoms with van der Waals surface area (Å²) in [4.78, 5) is 26.9. The Morgan fingerprint density at radius 2 is 1.81 bits per heavy atom. The molecule has 0 aliphatic carbocycles. The number of sulfone groups is 1. The van der Waals surface area contributed by atoms with Crippen LogP contribution in [0.1, 0.15) is 25.8 Å². The number of nitriles is 1. The van der Waals surface area contributed by atoms with Gasteiger partial charge in [-0.05, 0) is 17.9 Å². The molecule has 0 aromatic heterocycles. The van der Waals surface area contributed by atoms with Crippen LogP contribution in [-0.2, 0) is 25.1 Å². The molecular weight excluding hydrogens is 420 g/mol. The maximum Gasteiger partial charge on any atom is 0.318 e. The van der Waals surface area contributed by atoms with Gasteiger partial charge in [0.15, 0.2) is 9.84 Å². The fraction of sp³-hybridized carbons (Fsp3) is 0.571. The van der Waals surface area contributed by atoms with Crippen LogP contribution in [-0.4, -0.2) is 69.4 Å². The van der Waals surface area contributed by atoms with E-state index in [1.165, 1.54) is 0 Å². The summed E-state index contributed by atoms with van der Waals surface area (Å²) in [6.07, 6.45) is 0.358. The molecule has 2 N–H and O–H groups in total. The van der Waals surface area contributed by atoms with Gasteiger partial charge >= 0.3 is 6.03 Å². The van der Waals surface area contributed by atoms with Gasteiger partial charge < -0.3 is 20.3 Å². The second-order valence-electron chi connectivity index (χ2n) is 7.96. The van der Waals surface area contributed by atoms with Gasteiger partial charge in [0, 0.05) is 13.1 Å². The zero-order valence-corrected chi connectivity index (χ0v) is 18.7. The summed E-state index contributed by atoms with van der Waals surface area (Å²) in [6.45, 7) is 5.55. The molecule has 1 fully saturated rings. The summed E-state index contributed by atoms with van der Waals surface area (Å²) in [7, 11) is -3.63. The number of benzene rings is 1. The highest BCUT2D eigenvalue weighted by molar-refractivity contribution is 7.90. The van der Waals surface area contributed by atoms with E-state index < -0.39 is 33.6 Å². The Bertz CT molecular complexity index is 877. The highest BCUT2D eigenvalue weighted by Crippen LogP contribution is 2.10. The number of ether oxygens (including phenoxy) is 1. The van der Waals surface area contributed by atoms with Crippen LogP contribution in [0.15, 0.2) is 30.3 Å². The van der Waals surface area contributed by atoms with Crippen molar-refractivity contribution in [2.75, 3.05) is 32.1 Å². The molecule has 10 heteroatoms. The lowest BCUT2D eigenvalue weighted by atomic mass is 10.0. The van der Waals surface area contributed by atoms with Crippen LogP contribution in [0.2, 0.25) is 0 Å². The fourth-order valence-electron chi connectivity index (χ4n) is 3.23. The van der Waals surface area contributed by atoms with E-state index in [-0.39, 0.29) is 17.7 Å². The summed E-state index contributed by atoms with van der Waals surface area (Å²) < 4.78 is 30.2. The van der Waals surface area contributed by atoms with Gasteiger partial charge in [-0.2, -0.15) is 5.26 Å². The lowest BCUT2D eigenvalue weighted by molar-refractivity contribution is -0.123. The molecule has 1 saturated heterocycles. The molecular formula is C21H30N4O5S. The average molecular weight is 451 g/mol. The number of nitrogens with zero attached hydrogens (tertiary/aromatic N) is 2. The van der Waals surface area contributed by atoms with Gasteiger partial charge in [-0.1, -0.05) is 44.2 Å². The molecule has 170 valence electrons. The van der Waals surface area contributed by atoms with Crippen LogP contribution in [0.25, 0.3) is 0 Å². The van der Waals surface area contributed by atoms with Gasteiger partial charge in [0.1, 0.15) is 12.1 Å². The minimum Gasteiger partial charge on any atom is -0.378 e. The smallest absolute Gasteiger partial charge is 0.318 e. The molecule has 2 atom stereocenters. The lowest BCUT2D eigenvalue weighted by Crippen LogP contribution is -2.55. The number of rotatable bonds is 9. The number of hydrogen-bond donors (Lipinski definition) is 2. The standard InChI is InChI=1S/C21H30N4O5S/c1-16(2)12-19(24-21(27)25-8-10-30-11-9-25)20(26)23-18(13-22)15-31(28,29)14-17-6-4-3-5-7-17/h3-7,16,18-19H,8-12,14-15H2,1-2H3,(H,23,26)(H,24,27). The number of amides is 3. The molecule has 0 radical (unpaired) electrons. The molecule has 31 heavy (non-hydrogen) atoms. The second-order valence-corrected chi connectivity index (χ2v) is 10.1. The summed E-state index contributed by atoms with van der Waals surface area (Å²) >= 11 is 0. The van der Waals surface area contributed by atoms with E-state index in [4.69, 9.17) is 4.74 Å². The topological polar surface area (TPSA) is 129 Å². The van der Waals surface area contributed by atoms with Gasteiger partial charge in [-0.25, -0.2) is 13.2 Å². The van der Waals surface area contributed by atoms with Crippen LogP contribution >= 0.6 is 0 Å². The lowest BCUT2D eigenvalue weighted by Gasteiger charge is -2.29. The summed E-state index contributed by atoms with van der Waals surface area (Å²) in [6, 6.07) is 8.03. The molecule has 0 saturated carbocycles. The van der Waals surface area contributed by atoms with Crippen molar-refractivity contribution in [2.24, 2.45) is 5.92 Å². The van der Waals surface area contributed by atoms with Crippen molar-refractivity contribution in [3.8, 4) is 6.07 Å². The van der Waals surface area contributed by atoms with Gasteiger partial charge in [-0.3, -0.25) is 4.79 Å². The first-order valence-electron chi connectivity index (χ1n) is 10.3. The van der Waals surface area contributed by atoms with E-state index in [0.717, 1.165) is 0 Å². The second kappa shape index (κ2) is 11.7. The Kier molecular flexibility index (Phi) is 9.27. The number of carbonyl (C=O) groups is 2. The molecule has 1 heterocycles. The molecule has 3 amide bonds. The SMILES string of the molecule is CC(C)CC(NC(=O)N1CCOCC1)C(=O)NC(C#N)CS(=O)(=O)Cc1ccccc1. The Labute approximate surface area is 183 Å². The quantitative estimate of drug-likeness (QED) is 0.579. The molecule has 9 nitrogen and oxygen atoms in total. The average Bonchev–Trinajstić information content (AvgIpc) is 2.73. The van der Waals surface area contributed by atoms with Crippen LogP contribution < -0.4 is 10.6 Å². The van der Waals surface area contributed by atoms with Crippen molar-refractivity contribution in [1.29, 1.82) is 5.26 Å². The maximum absolute atomic E-state index is 12.8. The number of nitrogens with one attached hydrogen (secondary N) is 2. The van der Waals surface area contributed by atoms with Crippen LogP contribution in [0.5, 0.6) is 0 Å². The van der Waals surface area contributed by atoms with Crippen LogP contribution in [0.3, 0.4) is 0 Å². The number of morpholine rings is 1. The van der Waals surface area contributed by atoms with Crippen molar-refractivity contribution >= 4 is 21.8 Å². The number of urea groups is 1. The number of hydrogen-bond acceptors (Lipinski definition) is 6. The van der Waals surface area contributed by atoms with Gasteiger partial charge in [0.05, 0.1) is 30.8 Å². The highest BCUT2D eigenvalue weighted by atomic mass is 32.2. The molecule has 1 aliphatic rings. The van der Waals surface area contributed by atoms with E-state index in [2.05, 4.69) is 10.6 Å². The summed E-state index contributed by atoms with van der Waals surface area (Å²) in [5, 5.41) is 14.6. The Morgan fingerprint density at radius 3 is 2.39 bits per heavy atom. The molecule has 0 bridgehead atoms. The Balaban J connectivity index is 2.00. The van der Waals surface area contributed by atoms with Crippen molar-refractivity contribution < 1.29 is 22.7 Å². The van der Waals surface area contributed by atoms with Crippen molar-refractivity contribution in [1.82, 2.24) is 15.5 Å². The van der Waals surface area contributed by atoms with E-state index in [9.17, 15) is 23.3 Å². The molecule has 1 aliphatic heterocycles. The molecule has 0 spiro atoms. The first-order chi connectivity index (χ1) is 14.7. The van der Waals surface area contributed by atoms with E-state index in [1.54, 1.807) is 35.2 Å². The van der Waals surface area contributed by atoms with Gasteiger partial charge in [-0.15, -0.1) is 0 Å². The van der Waals surface area contributed by atoms with E-state index in [1.807, 2.05) is 19.9 Å². The predicted octanol–water partition coefficient (Wildman–Crippen LogP) is 1.07. The summed E-state index contributed by atoms with van der Waals surface area (Å²) in [5.74, 6) is -1.19. The first-order valence-corrected chi connectivity index (χ1v) is 12.1. The Hall–Kier alpha value is -2.64. The zero-order chi connectivity index (χ0) is 22.9. The molecule has 2 rings (SSSR count). The minimum atomic E-state index is -3.63. The van der Waals surface area contributed by atoms with Crippen molar-refractivity contribution in [3.05, 3.63) is 35.9 Å². The first kappa shape index (κ1) is 24.6. The fourth-order valence-corrected chi connectivity index (χ4v) is 4.72. The molecule has 2 unspecified atom stereocenters. The largest absolute Gasteiger partial charge is 0.378 e. The normalized spacial score (nSPS) is 16.3. The predicted molar refractivity (Wildman–Crippen MR) is 116 cm³/mol. The highest BCUT2D eigenvalue weighted by Gasteiger charge is 2.28. The maximum atomic E-state index is 12.8. The van der Waals surface area contributed by atoms with E-state index in [0.29, 0.717) is 38.3 Å². The van der Waals surface area contributed by atoms with Crippen LogP contribution in [0.4, 0.5) is 4.79 Å². The van der Waals surface area contributed by atoms with Gasteiger partial charge in [0.2, 0.25) is 5.91 Å². The molecule has 1 aromatic rings. The monoisotopic (exact) mass is 450 g/mol. The van der Waals surface area contributed by atoms with E-state index >= 15 is 0 Å². The Morgan fingerprint density at radius 1 is 1.16 bits per heavy atom.